The molecule has 0 aliphatic carbocycles. The highest BCUT2D eigenvalue weighted by Crippen LogP contribution is 2.20. The number of hydrogen-bond acceptors (Lipinski definition) is 3. The van der Waals surface area contributed by atoms with Crippen molar-refractivity contribution in [3.8, 4) is 5.75 Å². The third-order valence-corrected chi connectivity index (χ3v) is 2.90. The number of rotatable bonds is 2. The molecule has 0 spiro atoms. The molecule has 0 bridgehead atoms. The van der Waals surface area contributed by atoms with Crippen LogP contribution in [-0.2, 0) is 6.54 Å². The van der Waals surface area contributed by atoms with Crippen LogP contribution in [-0.4, -0.2) is 28.1 Å². The van der Waals surface area contributed by atoms with E-state index in [4.69, 9.17) is 4.74 Å². The molecule has 18 heavy (non-hydrogen) atoms. The minimum atomic E-state index is -0.0896. The van der Waals surface area contributed by atoms with Gasteiger partial charge in [0.1, 0.15) is 12.4 Å². The Kier molecular flexibility index (Phi) is 2.72. The van der Waals surface area contributed by atoms with Crippen LogP contribution in [0.4, 0.5) is 0 Å². The number of nitrogens with zero attached hydrogens (tertiary/aromatic N) is 2. The number of hydrogen-bond donors (Lipinski definition) is 1. The monoisotopic (exact) mass is 243 g/mol. The number of para-hydroxylation sites is 1. The van der Waals surface area contributed by atoms with Crippen molar-refractivity contribution < 1.29 is 9.53 Å². The van der Waals surface area contributed by atoms with E-state index in [0.29, 0.717) is 24.5 Å². The van der Waals surface area contributed by atoms with Gasteiger partial charge in [-0.15, -0.1) is 0 Å². The molecule has 2 aromatic rings. The second-order valence-electron chi connectivity index (χ2n) is 4.24. The highest BCUT2D eigenvalue weighted by Gasteiger charge is 2.22. The first-order valence-corrected chi connectivity index (χ1v) is 5.81. The summed E-state index contributed by atoms with van der Waals surface area (Å²) in [5, 5.41) is 2.96. The third-order valence-electron chi connectivity index (χ3n) is 2.90. The Morgan fingerprint density at radius 3 is 3.17 bits per heavy atom. The molecule has 1 aromatic carbocycles. The molecule has 1 unspecified atom stereocenters. The first kappa shape index (κ1) is 10.8. The lowest BCUT2D eigenvalue weighted by Gasteiger charge is -2.15. The summed E-state index contributed by atoms with van der Waals surface area (Å²) in [4.78, 5) is 16.0. The van der Waals surface area contributed by atoms with Gasteiger partial charge < -0.3 is 14.6 Å². The van der Waals surface area contributed by atoms with Crippen LogP contribution in [0.3, 0.4) is 0 Å². The number of carbonyl (C=O) groups excluding carboxylic acids is 1. The molecule has 5 nitrogen and oxygen atoms in total. The van der Waals surface area contributed by atoms with Gasteiger partial charge in [0.15, 0.2) is 0 Å². The van der Waals surface area contributed by atoms with Gasteiger partial charge in [0, 0.05) is 18.9 Å². The minimum absolute atomic E-state index is 0.0564. The zero-order chi connectivity index (χ0) is 12.4. The molecular formula is C13H13N3O2. The second-order valence-corrected chi connectivity index (χ2v) is 4.24. The first-order chi connectivity index (χ1) is 8.83. The summed E-state index contributed by atoms with van der Waals surface area (Å²) >= 11 is 0. The molecule has 0 radical (unpaired) electrons. The maximum atomic E-state index is 12.0. The van der Waals surface area contributed by atoms with Gasteiger partial charge in [0.25, 0.3) is 5.91 Å². The maximum absolute atomic E-state index is 12.0. The summed E-state index contributed by atoms with van der Waals surface area (Å²) in [6.45, 7) is 1.11. The van der Waals surface area contributed by atoms with Crippen molar-refractivity contribution in [3.05, 3.63) is 48.5 Å². The fourth-order valence-corrected chi connectivity index (χ4v) is 2.02. The van der Waals surface area contributed by atoms with Gasteiger partial charge in [-0.2, -0.15) is 0 Å². The summed E-state index contributed by atoms with van der Waals surface area (Å²) in [6, 6.07) is 7.22. The Morgan fingerprint density at radius 1 is 1.44 bits per heavy atom. The number of benzene rings is 1. The van der Waals surface area contributed by atoms with Crippen molar-refractivity contribution in [2.45, 2.75) is 12.6 Å². The SMILES string of the molecule is O=C1NC(Cn2ccnc2)COc2ccccc21. The molecule has 1 aliphatic rings. The van der Waals surface area contributed by atoms with E-state index < -0.39 is 0 Å². The van der Waals surface area contributed by atoms with Crippen molar-refractivity contribution in [3.63, 3.8) is 0 Å². The van der Waals surface area contributed by atoms with Crippen molar-refractivity contribution in [1.82, 2.24) is 14.9 Å². The molecule has 5 heteroatoms. The molecular weight excluding hydrogens is 230 g/mol. The Bertz CT molecular complexity index is 551. The van der Waals surface area contributed by atoms with Gasteiger partial charge in [0.2, 0.25) is 0 Å². The van der Waals surface area contributed by atoms with Crippen LogP contribution in [0.25, 0.3) is 0 Å². The lowest BCUT2D eigenvalue weighted by atomic mass is 10.2. The summed E-state index contributed by atoms with van der Waals surface area (Å²) in [5.74, 6) is 0.552. The van der Waals surface area contributed by atoms with Gasteiger partial charge in [-0.25, -0.2) is 4.98 Å². The Hall–Kier alpha value is -2.30. The van der Waals surface area contributed by atoms with E-state index in [2.05, 4.69) is 10.3 Å². The average molecular weight is 243 g/mol. The van der Waals surface area contributed by atoms with E-state index in [1.807, 2.05) is 29.0 Å². The van der Waals surface area contributed by atoms with Gasteiger partial charge >= 0.3 is 0 Å². The molecule has 1 aromatic heterocycles. The van der Waals surface area contributed by atoms with E-state index >= 15 is 0 Å². The average Bonchev–Trinajstić information content (AvgIpc) is 2.83. The van der Waals surface area contributed by atoms with Crippen molar-refractivity contribution >= 4 is 5.91 Å². The van der Waals surface area contributed by atoms with E-state index in [-0.39, 0.29) is 11.9 Å². The fourth-order valence-electron chi connectivity index (χ4n) is 2.02. The highest BCUT2D eigenvalue weighted by atomic mass is 16.5. The van der Waals surface area contributed by atoms with Crippen LogP contribution in [0, 0.1) is 0 Å². The van der Waals surface area contributed by atoms with Crippen LogP contribution >= 0.6 is 0 Å². The van der Waals surface area contributed by atoms with Gasteiger partial charge in [-0.3, -0.25) is 4.79 Å². The molecule has 0 saturated carbocycles. The molecule has 2 heterocycles. The minimum Gasteiger partial charge on any atom is -0.491 e. The number of nitrogens with one attached hydrogen (secondary N) is 1. The number of ether oxygens (including phenoxy) is 1. The van der Waals surface area contributed by atoms with E-state index in [1.165, 1.54) is 0 Å². The number of fused-ring (bicyclic) bond motifs is 1. The predicted molar refractivity (Wildman–Crippen MR) is 65.4 cm³/mol. The normalized spacial score (nSPS) is 18.4. The van der Waals surface area contributed by atoms with Crippen LogP contribution < -0.4 is 10.1 Å². The number of carbonyl (C=O) groups is 1. The number of imidazole rings is 1. The molecule has 1 aliphatic heterocycles. The fraction of sp³-hybridized carbons (Fsp3) is 0.231. The topological polar surface area (TPSA) is 56.2 Å². The van der Waals surface area contributed by atoms with Crippen molar-refractivity contribution in [1.29, 1.82) is 0 Å². The quantitative estimate of drug-likeness (QED) is 0.858. The van der Waals surface area contributed by atoms with Crippen molar-refractivity contribution in [2.24, 2.45) is 0 Å². The molecule has 1 N–H and O–H groups in total. The lowest BCUT2D eigenvalue weighted by molar-refractivity contribution is 0.0934. The molecule has 0 fully saturated rings. The van der Waals surface area contributed by atoms with Crippen LogP contribution in [0.15, 0.2) is 43.0 Å². The van der Waals surface area contributed by atoms with Crippen LogP contribution in [0.2, 0.25) is 0 Å². The van der Waals surface area contributed by atoms with Crippen LogP contribution in [0.5, 0.6) is 5.75 Å². The maximum Gasteiger partial charge on any atom is 0.255 e. The molecule has 0 saturated heterocycles. The summed E-state index contributed by atoms with van der Waals surface area (Å²) in [7, 11) is 0. The third kappa shape index (κ3) is 2.07. The lowest BCUT2D eigenvalue weighted by Crippen LogP contribution is -2.39. The molecule has 92 valence electrons. The van der Waals surface area contributed by atoms with Gasteiger partial charge in [-0.1, -0.05) is 12.1 Å². The van der Waals surface area contributed by atoms with E-state index in [1.54, 1.807) is 18.6 Å². The second kappa shape index (κ2) is 4.52. The molecule has 3 rings (SSSR count). The largest absolute Gasteiger partial charge is 0.491 e. The zero-order valence-corrected chi connectivity index (χ0v) is 9.74. The van der Waals surface area contributed by atoms with Crippen molar-refractivity contribution in [2.75, 3.05) is 6.61 Å². The smallest absolute Gasteiger partial charge is 0.255 e. The zero-order valence-electron chi connectivity index (χ0n) is 9.74. The molecule has 1 amide bonds. The summed E-state index contributed by atoms with van der Waals surface area (Å²) in [5.41, 5.74) is 0.589. The van der Waals surface area contributed by atoms with Gasteiger partial charge in [0.05, 0.1) is 17.9 Å². The number of aromatic nitrogens is 2. The van der Waals surface area contributed by atoms with E-state index in [0.717, 1.165) is 0 Å². The number of amides is 1. The van der Waals surface area contributed by atoms with Crippen LogP contribution in [0.1, 0.15) is 10.4 Å². The highest BCUT2D eigenvalue weighted by molar-refractivity contribution is 5.97. The predicted octanol–water partition coefficient (Wildman–Crippen LogP) is 1.07. The first-order valence-electron chi connectivity index (χ1n) is 5.81. The van der Waals surface area contributed by atoms with Gasteiger partial charge in [-0.05, 0) is 12.1 Å². The summed E-state index contributed by atoms with van der Waals surface area (Å²) < 4.78 is 7.58. The van der Waals surface area contributed by atoms with E-state index in [9.17, 15) is 4.79 Å². The Morgan fingerprint density at radius 2 is 2.33 bits per heavy atom. The Labute approximate surface area is 104 Å². The molecule has 1 atom stereocenters. The standard InChI is InChI=1S/C13H13N3O2/c17-13-11-3-1-2-4-12(11)18-8-10(15-13)7-16-6-5-14-9-16/h1-6,9-10H,7-8H2,(H,15,17). The summed E-state index contributed by atoms with van der Waals surface area (Å²) in [6.07, 6.45) is 5.31. The Balaban J connectivity index is 1.78.